The van der Waals surface area contributed by atoms with Crippen molar-refractivity contribution in [1.82, 2.24) is 14.1 Å². The Morgan fingerprint density at radius 3 is 2.04 bits per heavy atom. The largest absolute Gasteiger partial charge is 0.510 e. The number of hydrogen-bond donors (Lipinski definition) is 0. The molecule has 3 aromatic heterocycles. The summed E-state index contributed by atoms with van der Waals surface area (Å²) in [6, 6.07) is 47.4. The summed E-state index contributed by atoms with van der Waals surface area (Å²) < 4.78 is 66.1. The van der Waals surface area contributed by atoms with Gasteiger partial charge in [-0.3, -0.25) is 4.57 Å². The van der Waals surface area contributed by atoms with E-state index >= 15 is 0 Å². The minimum absolute atomic E-state index is 0. The van der Waals surface area contributed by atoms with Crippen molar-refractivity contribution in [1.29, 1.82) is 0 Å². The Hall–Kier alpha value is -6.55. The van der Waals surface area contributed by atoms with Crippen molar-refractivity contribution in [3.63, 3.8) is 0 Å². The average Bonchev–Trinajstić information content (AvgIpc) is 3.92. The van der Waals surface area contributed by atoms with Crippen LogP contribution in [0.4, 0.5) is 0 Å². The Balaban J connectivity index is 0.00000656. The Kier molecular flexibility index (Phi) is 10.5. The van der Waals surface area contributed by atoms with E-state index in [-0.39, 0.29) is 49.5 Å². The molecule has 0 atom stereocenters. The number of pyridine rings is 1. The molecule has 0 bridgehead atoms. The third-order valence-electron chi connectivity index (χ3n) is 12.6. The molecule has 0 aliphatic heterocycles. The maximum absolute atomic E-state index is 9.21. The summed E-state index contributed by atoms with van der Waals surface area (Å²) in [6.07, 6.45) is 6.80. The summed E-state index contributed by atoms with van der Waals surface area (Å²) in [5, 5.41) is 2.04. The molecule has 0 aliphatic rings. The zero-order valence-electron chi connectivity index (χ0n) is 45.1. The van der Waals surface area contributed by atoms with Crippen molar-refractivity contribution >= 4 is 32.8 Å². The van der Waals surface area contributed by atoms with E-state index in [0.717, 1.165) is 60.7 Å². The fourth-order valence-electron chi connectivity index (χ4n) is 8.99. The van der Waals surface area contributed by atoms with E-state index in [1.54, 1.807) is 6.20 Å². The number of para-hydroxylation sites is 4. The number of imidazole rings is 1. The topological polar surface area (TPSA) is 35.9 Å². The zero-order valence-corrected chi connectivity index (χ0v) is 41.4. The van der Waals surface area contributed by atoms with Gasteiger partial charge in [0.25, 0.3) is 6.33 Å². The summed E-state index contributed by atoms with van der Waals surface area (Å²) in [4.78, 5) is 4.82. The first-order chi connectivity index (χ1) is 34.3. The molecule has 0 amide bonds. The second kappa shape index (κ2) is 18.3. The van der Waals surface area contributed by atoms with E-state index in [1.165, 1.54) is 0 Å². The van der Waals surface area contributed by atoms with Gasteiger partial charge in [-0.15, -0.1) is 29.7 Å². The predicted octanol–water partition coefficient (Wildman–Crippen LogP) is 15.4. The van der Waals surface area contributed by atoms with Gasteiger partial charge in [0.1, 0.15) is 5.82 Å². The van der Waals surface area contributed by atoms with Crippen LogP contribution in [0.2, 0.25) is 0 Å². The van der Waals surface area contributed by atoms with Crippen LogP contribution < -0.4 is 9.30 Å². The second-order valence-electron chi connectivity index (χ2n) is 18.9. The molecular formula is C61H56N4OPt-2. The fourth-order valence-corrected chi connectivity index (χ4v) is 8.99. The average molecular weight is 1060 g/mol. The smallest absolute Gasteiger partial charge is 0.268 e. The number of ether oxygens (including phenoxy) is 1. The van der Waals surface area contributed by atoms with Gasteiger partial charge in [-0.2, -0.15) is 18.2 Å². The van der Waals surface area contributed by atoms with E-state index in [1.807, 2.05) is 106 Å². The first-order valence-electron chi connectivity index (χ1n) is 25.8. The molecule has 10 rings (SSSR count). The molecule has 67 heavy (non-hydrogen) atoms. The minimum atomic E-state index is -0.735. The van der Waals surface area contributed by atoms with E-state index in [2.05, 4.69) is 109 Å². The van der Waals surface area contributed by atoms with Gasteiger partial charge >= 0.3 is 0 Å². The minimum Gasteiger partial charge on any atom is -0.510 e. The molecule has 0 saturated carbocycles. The van der Waals surface area contributed by atoms with Crippen LogP contribution in [-0.4, -0.2) is 14.1 Å². The van der Waals surface area contributed by atoms with E-state index in [0.29, 0.717) is 47.1 Å². The van der Waals surface area contributed by atoms with E-state index in [4.69, 9.17) is 13.8 Å². The summed E-state index contributed by atoms with van der Waals surface area (Å²) in [6.45, 7) is 17.3. The monoisotopic (exact) mass is 1060 g/mol. The summed E-state index contributed by atoms with van der Waals surface area (Å²) >= 11 is 0. The number of rotatable bonds is 10. The quantitative estimate of drug-likeness (QED) is 0.101. The van der Waals surface area contributed by atoms with Crippen LogP contribution in [0.3, 0.4) is 0 Å². The van der Waals surface area contributed by atoms with Crippen LogP contribution in [0.15, 0.2) is 164 Å². The molecule has 7 aromatic carbocycles. The number of hydrogen-bond acceptors (Lipinski definition) is 2. The molecule has 0 radical (unpaired) electrons. The molecule has 0 saturated heterocycles. The van der Waals surface area contributed by atoms with E-state index in [9.17, 15) is 4.11 Å². The zero-order chi connectivity index (χ0) is 51.0. The van der Waals surface area contributed by atoms with Crippen molar-refractivity contribution in [2.75, 3.05) is 0 Å². The van der Waals surface area contributed by atoms with Crippen molar-refractivity contribution in [3.05, 3.63) is 199 Å². The third kappa shape index (κ3) is 8.67. The number of nitrogens with zero attached hydrogens (tertiary/aromatic N) is 4. The van der Waals surface area contributed by atoms with Crippen molar-refractivity contribution < 1.29 is 38.6 Å². The molecule has 338 valence electrons. The van der Waals surface area contributed by atoms with Crippen LogP contribution in [0.25, 0.3) is 72.3 Å². The molecule has 10 aromatic rings. The molecule has 0 unspecified atom stereocenters. The van der Waals surface area contributed by atoms with Crippen LogP contribution in [0.5, 0.6) is 11.5 Å². The van der Waals surface area contributed by atoms with Gasteiger partial charge in [0.15, 0.2) is 0 Å². The Bertz CT molecular complexity index is 3710. The number of benzene rings is 7. The number of aromatic nitrogens is 4. The Labute approximate surface area is 418 Å². The van der Waals surface area contributed by atoms with Crippen LogP contribution in [0, 0.1) is 18.5 Å². The third-order valence-corrected chi connectivity index (χ3v) is 12.6. The summed E-state index contributed by atoms with van der Waals surface area (Å²) in [7, 11) is 0. The standard InChI is InChI=1S/C61H56N4O.Pt/c1-9-41(10-2)43-32-33-62-58(36-43)65-54-27-15-14-24-52(54)53-31-30-49(39-57(53)65)66-48-23-18-22-47(38-48)63-40-64(56-29-17-16-28-55(56)63)59-50(42-20-12-11-13-21-42)25-19-26-51(59)44-34-45(60(3,4)5)37-46(35-44)61(6,7)8;/h11-37,41H,9-10H2,1-8H3;/q-2;/i11D,12D,13D,20D,21D,41D;. The van der Waals surface area contributed by atoms with Gasteiger partial charge in [0.05, 0.1) is 23.6 Å². The summed E-state index contributed by atoms with van der Waals surface area (Å²) in [5.41, 5.74) is 9.70. The van der Waals surface area contributed by atoms with E-state index < -0.39 is 24.0 Å². The molecule has 0 fully saturated rings. The molecular weight excluding hydrogens is 1000 g/mol. The molecule has 0 N–H and O–H groups in total. The molecule has 0 aliphatic carbocycles. The SMILES string of the molecule is [2H]c1c([2H])c([2H])c(-c2cccc(-c3cc(C(C)(C)C)cc(C(C)(C)C)c3)c2-[n+]2[c-]n(-c3[c-]c(Oc4[c-]c5c(cc4)c4ccccc4n5-c4cc(C([2H])(CC)CC)ccn4)ccc3)c3ccccc32)c([2H])c1[2H].[Pt]. The molecule has 6 heteroatoms. The van der Waals surface area contributed by atoms with Crippen molar-refractivity contribution in [2.24, 2.45) is 0 Å². The predicted molar refractivity (Wildman–Crippen MR) is 272 cm³/mol. The van der Waals surface area contributed by atoms with Crippen LogP contribution in [0.1, 0.15) is 99.0 Å². The summed E-state index contributed by atoms with van der Waals surface area (Å²) in [5.74, 6) is 0.896. The van der Waals surface area contributed by atoms with Gasteiger partial charge in [-0.25, -0.2) is 4.98 Å². The maximum Gasteiger partial charge on any atom is 0.268 e. The fraction of sp³-hybridized carbons (Fsp3) is 0.213. The Morgan fingerprint density at radius 2 is 1.33 bits per heavy atom. The number of fused-ring (bicyclic) bond motifs is 4. The van der Waals surface area contributed by atoms with Gasteiger partial charge in [-0.05, 0) is 97.8 Å². The first kappa shape index (κ1) is 38.5. The van der Waals surface area contributed by atoms with Crippen molar-refractivity contribution in [2.45, 2.75) is 85.0 Å². The normalized spacial score (nSPS) is 13.4. The van der Waals surface area contributed by atoms with Crippen LogP contribution >= 0.6 is 0 Å². The molecule has 5 nitrogen and oxygen atoms in total. The first-order valence-corrected chi connectivity index (χ1v) is 22.8. The van der Waals surface area contributed by atoms with Gasteiger partial charge < -0.3 is 13.9 Å². The molecule has 0 spiro atoms. The van der Waals surface area contributed by atoms with Gasteiger partial charge in [0, 0.05) is 45.6 Å². The van der Waals surface area contributed by atoms with Crippen LogP contribution in [-0.2, 0) is 31.9 Å². The second-order valence-corrected chi connectivity index (χ2v) is 18.9. The van der Waals surface area contributed by atoms with Gasteiger partial charge in [-0.1, -0.05) is 170 Å². The van der Waals surface area contributed by atoms with Crippen molar-refractivity contribution in [3.8, 4) is 50.9 Å². The molecule has 3 heterocycles. The maximum atomic E-state index is 9.21. The van der Waals surface area contributed by atoms with Gasteiger partial charge in [0.2, 0.25) is 0 Å². The Morgan fingerprint density at radius 1 is 0.672 bits per heavy atom.